The number of esters is 1. The molecule has 0 aromatic heterocycles. The maximum absolute atomic E-state index is 11.3. The summed E-state index contributed by atoms with van der Waals surface area (Å²) in [5.74, 6) is 0.302. The monoisotopic (exact) mass is 276 g/mol. The molecule has 1 N–H and O–H groups in total. The molecule has 2 atom stereocenters. The Kier molecular flexibility index (Phi) is 5.19. The highest BCUT2D eigenvalue weighted by atomic mass is 35.7. The molecule has 0 saturated carbocycles. The molecule has 1 rings (SSSR count). The number of carbonyl (C=O) groups is 1. The fourth-order valence-corrected chi connectivity index (χ4v) is 3.33. The Morgan fingerprint density at radius 2 is 2.00 bits per heavy atom. The summed E-state index contributed by atoms with van der Waals surface area (Å²) in [6.07, 6.45) is 0. The van der Waals surface area contributed by atoms with Gasteiger partial charge in [0, 0.05) is 0 Å². The Morgan fingerprint density at radius 3 is 2.53 bits per heavy atom. The molecular weight excluding hydrogens is 261 g/mol. The molecule has 1 unspecified atom stereocenters. The summed E-state index contributed by atoms with van der Waals surface area (Å²) in [5, 5.41) is 2.94. The molecule has 0 heterocycles. The lowest BCUT2D eigenvalue weighted by molar-refractivity contribution is -0.142. The molecule has 0 amide bonds. The molecule has 0 aliphatic carbocycles. The number of nitrogens with one attached hydrogen (secondary N) is 1. The van der Waals surface area contributed by atoms with Crippen LogP contribution in [0.15, 0.2) is 30.3 Å². The van der Waals surface area contributed by atoms with Gasteiger partial charge in [0.05, 0.1) is 7.11 Å². The van der Waals surface area contributed by atoms with E-state index >= 15 is 0 Å². The number of benzene rings is 1. The SMILES string of the molecule is COC(=O)[C@H](C)N[P+](C)(Cl)Oc1ccccc1. The van der Waals surface area contributed by atoms with Gasteiger partial charge in [0.2, 0.25) is 0 Å². The zero-order valence-electron chi connectivity index (χ0n) is 10.0. The van der Waals surface area contributed by atoms with Crippen molar-refractivity contribution in [2.45, 2.75) is 13.0 Å². The van der Waals surface area contributed by atoms with Crippen LogP contribution in [-0.2, 0) is 9.53 Å². The van der Waals surface area contributed by atoms with E-state index in [1.165, 1.54) is 7.11 Å². The van der Waals surface area contributed by atoms with Crippen molar-refractivity contribution in [2.24, 2.45) is 0 Å². The Labute approximate surface area is 107 Å². The van der Waals surface area contributed by atoms with E-state index in [2.05, 4.69) is 9.82 Å². The van der Waals surface area contributed by atoms with Gasteiger partial charge >= 0.3 is 13.0 Å². The van der Waals surface area contributed by atoms with Gasteiger partial charge in [-0.2, -0.15) is 0 Å². The first kappa shape index (κ1) is 14.2. The molecule has 0 spiro atoms. The first-order valence-electron chi connectivity index (χ1n) is 5.11. The van der Waals surface area contributed by atoms with Crippen molar-refractivity contribution in [3.8, 4) is 5.75 Å². The lowest BCUT2D eigenvalue weighted by Gasteiger charge is -2.17. The summed E-state index contributed by atoms with van der Waals surface area (Å²) in [7, 11) is 1.34. The van der Waals surface area contributed by atoms with Crippen LogP contribution < -0.4 is 9.61 Å². The highest BCUT2D eigenvalue weighted by Crippen LogP contribution is 2.57. The average molecular weight is 277 g/mol. The van der Waals surface area contributed by atoms with Crippen molar-refractivity contribution in [2.75, 3.05) is 13.8 Å². The maximum atomic E-state index is 11.3. The summed E-state index contributed by atoms with van der Waals surface area (Å²) < 4.78 is 10.2. The second-order valence-corrected chi connectivity index (χ2v) is 7.61. The topological polar surface area (TPSA) is 47.6 Å². The van der Waals surface area contributed by atoms with Crippen LogP contribution in [0.2, 0.25) is 0 Å². The van der Waals surface area contributed by atoms with Crippen LogP contribution in [-0.4, -0.2) is 25.8 Å². The van der Waals surface area contributed by atoms with Crippen LogP contribution in [0.3, 0.4) is 0 Å². The van der Waals surface area contributed by atoms with Gasteiger partial charge < -0.3 is 9.26 Å². The van der Waals surface area contributed by atoms with E-state index < -0.39 is 13.0 Å². The second-order valence-electron chi connectivity index (χ2n) is 3.60. The normalized spacial score (nSPS) is 15.8. The van der Waals surface area contributed by atoms with Crippen molar-refractivity contribution in [1.82, 2.24) is 5.09 Å². The van der Waals surface area contributed by atoms with Crippen LogP contribution in [0.25, 0.3) is 0 Å². The molecule has 0 aliphatic heterocycles. The van der Waals surface area contributed by atoms with Gasteiger partial charge in [0.1, 0.15) is 12.7 Å². The first-order valence-corrected chi connectivity index (χ1v) is 8.17. The zero-order valence-corrected chi connectivity index (χ0v) is 11.7. The van der Waals surface area contributed by atoms with E-state index in [4.69, 9.17) is 15.8 Å². The number of rotatable bonds is 5. The number of ether oxygens (including phenoxy) is 1. The molecule has 4 nitrogen and oxygen atoms in total. The minimum atomic E-state index is -2.37. The third kappa shape index (κ3) is 4.90. The van der Waals surface area contributed by atoms with Crippen LogP contribution >= 0.6 is 18.2 Å². The summed E-state index contributed by atoms with van der Waals surface area (Å²) in [4.78, 5) is 11.3. The number of hydrogen-bond acceptors (Lipinski definition) is 4. The number of para-hydroxylation sites is 1. The van der Waals surface area contributed by atoms with Crippen LogP contribution in [0.4, 0.5) is 0 Å². The molecule has 0 saturated heterocycles. The molecule has 1 aromatic rings. The molecule has 0 radical (unpaired) electrons. The molecule has 0 aliphatic rings. The highest BCUT2D eigenvalue weighted by molar-refractivity contribution is 7.93. The summed E-state index contributed by atoms with van der Waals surface area (Å²) in [6, 6.07) is 8.73. The van der Waals surface area contributed by atoms with Crippen molar-refractivity contribution in [1.29, 1.82) is 0 Å². The largest absolute Gasteiger partial charge is 0.468 e. The zero-order chi connectivity index (χ0) is 12.9. The van der Waals surface area contributed by atoms with E-state index in [1.807, 2.05) is 30.3 Å². The van der Waals surface area contributed by atoms with Gasteiger partial charge in [0.15, 0.2) is 17.0 Å². The summed E-state index contributed by atoms with van der Waals surface area (Å²) >= 11 is 6.24. The Balaban J connectivity index is 2.60. The van der Waals surface area contributed by atoms with Gasteiger partial charge in [-0.25, -0.2) is 0 Å². The highest BCUT2D eigenvalue weighted by Gasteiger charge is 2.38. The smallest absolute Gasteiger partial charge is 0.355 e. The second kappa shape index (κ2) is 6.20. The van der Waals surface area contributed by atoms with E-state index in [0.29, 0.717) is 5.75 Å². The van der Waals surface area contributed by atoms with Gasteiger partial charge in [0.25, 0.3) is 0 Å². The van der Waals surface area contributed by atoms with E-state index in [9.17, 15) is 4.79 Å². The average Bonchev–Trinajstić information content (AvgIpc) is 2.27. The summed E-state index contributed by atoms with van der Waals surface area (Å²) in [6.45, 7) is 1.05. The third-order valence-corrected chi connectivity index (χ3v) is 3.90. The quantitative estimate of drug-likeness (QED) is 0.664. The molecule has 17 heavy (non-hydrogen) atoms. The lowest BCUT2D eigenvalue weighted by atomic mass is 10.3. The maximum Gasteiger partial charge on any atom is 0.355 e. The lowest BCUT2D eigenvalue weighted by Crippen LogP contribution is -2.34. The van der Waals surface area contributed by atoms with Gasteiger partial charge in [-0.05, 0) is 19.1 Å². The minimum absolute atomic E-state index is 0.367. The Morgan fingerprint density at radius 1 is 1.41 bits per heavy atom. The van der Waals surface area contributed by atoms with E-state index in [1.54, 1.807) is 13.6 Å². The fraction of sp³-hybridized carbons (Fsp3) is 0.364. The molecule has 0 fully saturated rings. The van der Waals surface area contributed by atoms with Gasteiger partial charge in [-0.3, -0.25) is 4.79 Å². The molecular formula is C11H16ClNO3P+. The predicted molar refractivity (Wildman–Crippen MR) is 70.4 cm³/mol. The van der Waals surface area contributed by atoms with Crippen LogP contribution in [0, 0.1) is 0 Å². The van der Waals surface area contributed by atoms with Gasteiger partial charge in [-0.15, -0.1) is 5.09 Å². The first-order chi connectivity index (χ1) is 7.94. The van der Waals surface area contributed by atoms with Crippen molar-refractivity contribution in [3.63, 3.8) is 0 Å². The van der Waals surface area contributed by atoms with E-state index in [0.717, 1.165) is 0 Å². The Hall–Kier alpha value is -0.830. The minimum Gasteiger partial charge on any atom is -0.468 e. The summed E-state index contributed by atoms with van der Waals surface area (Å²) in [5.41, 5.74) is 0. The number of hydrogen-bond donors (Lipinski definition) is 1. The fourth-order valence-electron chi connectivity index (χ4n) is 1.28. The molecule has 0 bridgehead atoms. The van der Waals surface area contributed by atoms with Gasteiger partial charge in [-0.1, -0.05) is 18.2 Å². The van der Waals surface area contributed by atoms with Crippen LogP contribution in [0.5, 0.6) is 5.75 Å². The number of methoxy groups -OCH3 is 1. The van der Waals surface area contributed by atoms with Crippen molar-refractivity contribution in [3.05, 3.63) is 30.3 Å². The predicted octanol–water partition coefficient (Wildman–Crippen LogP) is 2.85. The third-order valence-electron chi connectivity index (χ3n) is 2.00. The van der Waals surface area contributed by atoms with E-state index in [-0.39, 0.29) is 5.97 Å². The molecule has 6 heteroatoms. The number of halogens is 1. The standard InChI is InChI=1S/C11H16ClNO3P/c1-9(11(14)15-2)13-17(3,12)16-10-7-5-4-6-8-10/h4-9,13H,1-3H3/q+1/t9-,17?/m0/s1. The Bertz CT molecular complexity index is 372. The molecule has 1 aromatic carbocycles. The van der Waals surface area contributed by atoms with Crippen molar-refractivity contribution < 1.29 is 14.1 Å². The number of carbonyl (C=O) groups excluding carboxylic acids is 1. The molecule has 94 valence electrons. The van der Waals surface area contributed by atoms with Crippen LogP contribution in [0.1, 0.15) is 6.92 Å². The van der Waals surface area contributed by atoms with Crippen molar-refractivity contribution >= 4 is 24.2 Å².